The second-order valence-corrected chi connectivity index (χ2v) is 6.57. The van der Waals surface area contributed by atoms with Gasteiger partial charge < -0.3 is 5.32 Å². The third-order valence-electron chi connectivity index (χ3n) is 4.62. The van der Waals surface area contributed by atoms with Gasteiger partial charge in [0.25, 0.3) is 0 Å². The van der Waals surface area contributed by atoms with Gasteiger partial charge in [0.05, 0.1) is 18.3 Å². The van der Waals surface area contributed by atoms with E-state index in [1.54, 1.807) is 0 Å². The van der Waals surface area contributed by atoms with Crippen LogP contribution in [0.25, 0.3) is 0 Å². The van der Waals surface area contributed by atoms with E-state index in [9.17, 15) is 4.79 Å². The summed E-state index contributed by atoms with van der Waals surface area (Å²) in [6.07, 6.45) is 1.84. The van der Waals surface area contributed by atoms with Crippen LogP contribution < -0.4 is 5.32 Å². The van der Waals surface area contributed by atoms with Crippen LogP contribution in [0, 0.1) is 0 Å². The van der Waals surface area contributed by atoms with Crippen molar-refractivity contribution in [2.45, 2.75) is 19.5 Å². The number of aromatic nitrogens is 1. The fourth-order valence-corrected chi connectivity index (χ4v) is 3.14. The molecule has 1 aliphatic heterocycles. The summed E-state index contributed by atoms with van der Waals surface area (Å²) in [6.45, 7) is 7.15. The Kier molecular flexibility index (Phi) is 6.14. The summed E-state index contributed by atoms with van der Waals surface area (Å²) in [5.74, 6) is 0.0922. The molecule has 5 heteroatoms. The van der Waals surface area contributed by atoms with Crippen molar-refractivity contribution in [3.63, 3.8) is 0 Å². The molecule has 1 aliphatic rings. The molecule has 5 nitrogen and oxygen atoms in total. The molecule has 132 valence electrons. The van der Waals surface area contributed by atoms with Gasteiger partial charge in [0.2, 0.25) is 5.91 Å². The topological polar surface area (TPSA) is 48.5 Å². The Morgan fingerprint density at radius 2 is 1.72 bits per heavy atom. The maximum atomic E-state index is 12.3. The number of piperazine rings is 1. The number of rotatable bonds is 6. The maximum Gasteiger partial charge on any atom is 0.234 e. The Morgan fingerprint density at radius 1 is 1.04 bits per heavy atom. The van der Waals surface area contributed by atoms with Gasteiger partial charge in [0.1, 0.15) is 0 Å². The van der Waals surface area contributed by atoms with Crippen molar-refractivity contribution in [3.05, 3.63) is 66.0 Å². The minimum atomic E-state index is 0.0409. The second kappa shape index (κ2) is 8.74. The van der Waals surface area contributed by atoms with Crippen LogP contribution in [-0.2, 0) is 11.3 Å². The number of carbonyl (C=O) groups excluding carboxylic acids is 1. The molecular weight excluding hydrogens is 312 g/mol. The highest BCUT2D eigenvalue weighted by Gasteiger charge is 2.20. The molecule has 1 aromatic heterocycles. The number of nitrogens with zero attached hydrogens (tertiary/aromatic N) is 3. The van der Waals surface area contributed by atoms with E-state index in [2.05, 4.69) is 26.2 Å². The third kappa shape index (κ3) is 5.37. The van der Waals surface area contributed by atoms with Crippen LogP contribution in [0.5, 0.6) is 0 Å². The quantitative estimate of drug-likeness (QED) is 0.876. The number of nitrogens with one attached hydrogen (secondary N) is 1. The monoisotopic (exact) mass is 338 g/mol. The van der Waals surface area contributed by atoms with E-state index in [0.717, 1.165) is 44.0 Å². The minimum Gasteiger partial charge on any atom is -0.348 e. The Bertz CT molecular complexity index is 654. The molecule has 1 atom stereocenters. The normalized spacial score (nSPS) is 17.2. The minimum absolute atomic E-state index is 0.0409. The number of amides is 1. The summed E-state index contributed by atoms with van der Waals surface area (Å²) in [7, 11) is 0. The van der Waals surface area contributed by atoms with Gasteiger partial charge in [0, 0.05) is 38.9 Å². The molecule has 0 radical (unpaired) electrons. The molecule has 1 fully saturated rings. The lowest BCUT2D eigenvalue weighted by molar-refractivity contribution is -0.123. The smallest absolute Gasteiger partial charge is 0.234 e. The Balaban J connectivity index is 1.40. The van der Waals surface area contributed by atoms with Gasteiger partial charge >= 0.3 is 0 Å². The molecule has 0 saturated carbocycles. The highest BCUT2D eigenvalue weighted by Crippen LogP contribution is 2.11. The molecular formula is C20H26N4O. The number of carbonyl (C=O) groups is 1. The van der Waals surface area contributed by atoms with E-state index in [0.29, 0.717) is 6.54 Å². The average molecular weight is 338 g/mol. The fraction of sp³-hybridized carbons (Fsp3) is 0.400. The van der Waals surface area contributed by atoms with Crippen LogP contribution >= 0.6 is 0 Å². The van der Waals surface area contributed by atoms with Crippen molar-refractivity contribution in [2.24, 2.45) is 0 Å². The van der Waals surface area contributed by atoms with Crippen molar-refractivity contribution < 1.29 is 4.79 Å². The Hall–Kier alpha value is -2.24. The van der Waals surface area contributed by atoms with Crippen molar-refractivity contribution in [2.75, 3.05) is 32.7 Å². The maximum absolute atomic E-state index is 12.3. The first kappa shape index (κ1) is 17.6. The van der Waals surface area contributed by atoms with Gasteiger partial charge in [-0.1, -0.05) is 36.4 Å². The van der Waals surface area contributed by atoms with Crippen LogP contribution in [0.15, 0.2) is 54.7 Å². The summed E-state index contributed by atoms with van der Waals surface area (Å²) in [5, 5.41) is 3.09. The van der Waals surface area contributed by atoms with Gasteiger partial charge in [-0.2, -0.15) is 0 Å². The molecule has 0 aliphatic carbocycles. The zero-order chi connectivity index (χ0) is 17.5. The zero-order valence-corrected chi connectivity index (χ0v) is 14.8. The summed E-state index contributed by atoms with van der Waals surface area (Å²) in [6, 6.07) is 16.1. The molecule has 2 heterocycles. The molecule has 0 spiro atoms. The molecule has 0 bridgehead atoms. The highest BCUT2D eigenvalue weighted by molar-refractivity contribution is 5.78. The predicted molar refractivity (Wildman–Crippen MR) is 99.0 cm³/mol. The molecule has 1 unspecified atom stereocenters. The van der Waals surface area contributed by atoms with E-state index in [4.69, 9.17) is 0 Å². The molecule has 25 heavy (non-hydrogen) atoms. The van der Waals surface area contributed by atoms with Crippen molar-refractivity contribution in [1.29, 1.82) is 0 Å². The second-order valence-electron chi connectivity index (χ2n) is 6.57. The SMILES string of the molecule is CC(NC(=O)CN1CCN(Cc2ccccn2)CC1)c1ccccc1. The number of hydrogen-bond acceptors (Lipinski definition) is 4. The summed E-state index contributed by atoms with van der Waals surface area (Å²) >= 11 is 0. The van der Waals surface area contributed by atoms with Crippen LogP contribution in [0.3, 0.4) is 0 Å². The largest absolute Gasteiger partial charge is 0.348 e. The lowest BCUT2D eigenvalue weighted by Gasteiger charge is -2.34. The van der Waals surface area contributed by atoms with Gasteiger partial charge in [-0.25, -0.2) is 0 Å². The molecule has 1 saturated heterocycles. The standard InChI is InChI=1S/C20H26N4O/c1-17(18-7-3-2-4-8-18)22-20(25)16-24-13-11-23(12-14-24)15-19-9-5-6-10-21-19/h2-10,17H,11-16H2,1H3,(H,22,25). The highest BCUT2D eigenvalue weighted by atomic mass is 16.2. The lowest BCUT2D eigenvalue weighted by atomic mass is 10.1. The van der Waals surface area contributed by atoms with Crippen LogP contribution in [0.4, 0.5) is 0 Å². The molecule has 1 amide bonds. The number of benzene rings is 1. The fourth-order valence-electron chi connectivity index (χ4n) is 3.14. The van der Waals surface area contributed by atoms with E-state index in [-0.39, 0.29) is 11.9 Å². The molecule has 2 aromatic rings. The lowest BCUT2D eigenvalue weighted by Crippen LogP contribution is -2.49. The zero-order valence-electron chi connectivity index (χ0n) is 14.8. The van der Waals surface area contributed by atoms with Gasteiger partial charge in [-0.05, 0) is 24.6 Å². The summed E-state index contributed by atoms with van der Waals surface area (Å²) in [5.41, 5.74) is 2.24. The van der Waals surface area contributed by atoms with Crippen molar-refractivity contribution >= 4 is 5.91 Å². The number of hydrogen-bond donors (Lipinski definition) is 1. The predicted octanol–water partition coefficient (Wildman–Crippen LogP) is 2.08. The molecule has 1 N–H and O–H groups in total. The van der Waals surface area contributed by atoms with Crippen molar-refractivity contribution in [1.82, 2.24) is 20.1 Å². The van der Waals surface area contributed by atoms with E-state index in [1.807, 2.05) is 55.6 Å². The van der Waals surface area contributed by atoms with Crippen molar-refractivity contribution in [3.8, 4) is 0 Å². The first-order chi connectivity index (χ1) is 12.2. The van der Waals surface area contributed by atoms with Gasteiger partial charge in [0.15, 0.2) is 0 Å². The van der Waals surface area contributed by atoms with Crippen LogP contribution in [0.1, 0.15) is 24.2 Å². The summed E-state index contributed by atoms with van der Waals surface area (Å²) in [4.78, 5) is 21.3. The third-order valence-corrected chi connectivity index (χ3v) is 4.62. The molecule has 1 aromatic carbocycles. The number of pyridine rings is 1. The average Bonchev–Trinajstić information content (AvgIpc) is 2.65. The Morgan fingerprint density at radius 3 is 2.40 bits per heavy atom. The van der Waals surface area contributed by atoms with Crippen LogP contribution in [-0.4, -0.2) is 53.4 Å². The van der Waals surface area contributed by atoms with Crippen LogP contribution in [0.2, 0.25) is 0 Å². The summed E-state index contributed by atoms with van der Waals surface area (Å²) < 4.78 is 0. The van der Waals surface area contributed by atoms with E-state index < -0.39 is 0 Å². The molecule has 3 rings (SSSR count). The van der Waals surface area contributed by atoms with E-state index in [1.165, 1.54) is 0 Å². The first-order valence-corrected chi connectivity index (χ1v) is 8.89. The van der Waals surface area contributed by atoms with Gasteiger partial charge in [-0.3, -0.25) is 19.6 Å². The first-order valence-electron chi connectivity index (χ1n) is 8.89. The van der Waals surface area contributed by atoms with Gasteiger partial charge in [-0.15, -0.1) is 0 Å². The van der Waals surface area contributed by atoms with E-state index >= 15 is 0 Å². The Labute approximate surface area is 149 Å².